The number of aromatic nitrogens is 2. The van der Waals surface area contributed by atoms with Crippen molar-refractivity contribution >= 4 is 23.1 Å². The largest absolute Gasteiger partial charge is 0.394 e. The summed E-state index contributed by atoms with van der Waals surface area (Å²) >= 11 is 5.77. The van der Waals surface area contributed by atoms with Gasteiger partial charge in [-0.2, -0.15) is 4.98 Å². The van der Waals surface area contributed by atoms with Gasteiger partial charge in [-0.1, -0.05) is 0 Å². The van der Waals surface area contributed by atoms with Crippen molar-refractivity contribution in [3.05, 3.63) is 11.5 Å². The van der Waals surface area contributed by atoms with Crippen LogP contribution in [0.1, 0.15) is 13.8 Å². The molecule has 0 amide bonds. The van der Waals surface area contributed by atoms with Crippen LogP contribution in [0.5, 0.6) is 0 Å². The van der Waals surface area contributed by atoms with E-state index in [1.165, 1.54) is 6.20 Å². The van der Waals surface area contributed by atoms with Crippen LogP contribution >= 0.6 is 11.6 Å². The summed E-state index contributed by atoms with van der Waals surface area (Å²) in [5.74, 6) is 0.696. The average molecular weight is 243 g/mol. The van der Waals surface area contributed by atoms with Gasteiger partial charge in [0, 0.05) is 13.1 Å². The predicted molar refractivity (Wildman–Crippen MR) is 63.7 cm³/mol. The molecule has 0 aliphatic carbocycles. The van der Waals surface area contributed by atoms with Gasteiger partial charge in [0.05, 0.1) is 24.1 Å². The van der Waals surface area contributed by atoms with Crippen LogP contribution in [0.25, 0.3) is 0 Å². The molecule has 0 saturated carbocycles. The van der Waals surface area contributed by atoms with Gasteiger partial charge < -0.3 is 15.4 Å². The molecular weight excluding hydrogens is 228 g/mol. The minimum absolute atomic E-state index is 0.164. The first kappa shape index (κ1) is 11.4. The van der Waals surface area contributed by atoms with Crippen LogP contribution < -0.4 is 10.6 Å². The Hall–Kier alpha value is -1.07. The molecule has 1 saturated heterocycles. The Bertz CT molecular complexity index is 377. The van der Waals surface area contributed by atoms with Gasteiger partial charge in [0.25, 0.3) is 0 Å². The van der Waals surface area contributed by atoms with Crippen molar-refractivity contribution in [3.8, 4) is 0 Å². The van der Waals surface area contributed by atoms with E-state index < -0.39 is 0 Å². The normalized spacial score (nSPS) is 25.8. The third-order valence-electron chi connectivity index (χ3n) is 2.49. The van der Waals surface area contributed by atoms with E-state index >= 15 is 0 Å². The number of nitrogens with zero attached hydrogens (tertiary/aromatic N) is 3. The van der Waals surface area contributed by atoms with Gasteiger partial charge in [-0.3, -0.25) is 0 Å². The SMILES string of the molecule is C[C@@H]1CN(c2nc(Cl)ncc2N)C[C@H](C)O1. The lowest BCUT2D eigenvalue weighted by molar-refractivity contribution is -0.00541. The number of hydrogen-bond donors (Lipinski definition) is 1. The molecule has 88 valence electrons. The maximum absolute atomic E-state index is 5.85. The molecule has 0 unspecified atom stereocenters. The number of hydrogen-bond acceptors (Lipinski definition) is 5. The fourth-order valence-electron chi connectivity index (χ4n) is 1.97. The van der Waals surface area contributed by atoms with E-state index in [-0.39, 0.29) is 17.5 Å². The minimum atomic E-state index is 0.164. The van der Waals surface area contributed by atoms with Crippen molar-refractivity contribution in [1.29, 1.82) is 0 Å². The number of halogens is 1. The van der Waals surface area contributed by atoms with Crippen molar-refractivity contribution < 1.29 is 4.74 Å². The highest BCUT2D eigenvalue weighted by atomic mass is 35.5. The van der Waals surface area contributed by atoms with Gasteiger partial charge in [-0.15, -0.1) is 0 Å². The summed E-state index contributed by atoms with van der Waals surface area (Å²) in [5.41, 5.74) is 6.39. The van der Waals surface area contributed by atoms with Crippen molar-refractivity contribution in [2.24, 2.45) is 0 Å². The molecule has 1 aromatic rings. The second-order valence-corrected chi connectivity index (χ2v) is 4.42. The summed E-state index contributed by atoms with van der Waals surface area (Å²) in [6.07, 6.45) is 1.86. The molecule has 0 aromatic carbocycles. The van der Waals surface area contributed by atoms with Gasteiger partial charge >= 0.3 is 0 Å². The molecule has 1 fully saturated rings. The summed E-state index contributed by atoms with van der Waals surface area (Å²) in [5, 5.41) is 0.219. The summed E-state index contributed by atoms with van der Waals surface area (Å²) in [7, 11) is 0. The predicted octanol–water partition coefficient (Wildman–Crippen LogP) is 1.33. The summed E-state index contributed by atoms with van der Waals surface area (Å²) in [4.78, 5) is 10.1. The van der Waals surface area contributed by atoms with Gasteiger partial charge in [0.1, 0.15) is 0 Å². The second-order valence-electron chi connectivity index (χ2n) is 4.08. The molecule has 2 atom stereocenters. The van der Waals surface area contributed by atoms with Crippen LogP contribution in [0.4, 0.5) is 11.5 Å². The third kappa shape index (κ3) is 2.36. The van der Waals surface area contributed by atoms with E-state index in [4.69, 9.17) is 22.1 Å². The molecule has 16 heavy (non-hydrogen) atoms. The van der Waals surface area contributed by atoms with E-state index in [2.05, 4.69) is 14.9 Å². The summed E-state index contributed by atoms with van der Waals surface area (Å²) in [6.45, 7) is 5.59. The number of nitrogen functional groups attached to an aromatic ring is 1. The maximum atomic E-state index is 5.85. The van der Waals surface area contributed by atoms with Gasteiger partial charge in [-0.05, 0) is 25.4 Å². The first-order valence-electron chi connectivity index (χ1n) is 5.24. The van der Waals surface area contributed by atoms with Gasteiger partial charge in [0.2, 0.25) is 5.28 Å². The number of anilines is 2. The molecular formula is C10H15ClN4O. The highest BCUT2D eigenvalue weighted by Gasteiger charge is 2.24. The van der Waals surface area contributed by atoms with Crippen molar-refractivity contribution in [2.75, 3.05) is 23.7 Å². The standard InChI is InChI=1S/C10H15ClN4O/c1-6-4-15(5-7(2)16-6)9-8(12)3-13-10(11)14-9/h3,6-7H,4-5,12H2,1-2H3/t6-,7+. The van der Waals surface area contributed by atoms with Crippen molar-refractivity contribution in [3.63, 3.8) is 0 Å². The first-order chi connectivity index (χ1) is 7.56. The average Bonchev–Trinajstić information content (AvgIpc) is 2.20. The van der Waals surface area contributed by atoms with Crippen LogP contribution in [0.15, 0.2) is 6.20 Å². The number of ether oxygens (including phenoxy) is 1. The molecule has 1 aliphatic heterocycles. The zero-order valence-electron chi connectivity index (χ0n) is 9.35. The zero-order chi connectivity index (χ0) is 11.7. The molecule has 6 heteroatoms. The van der Waals surface area contributed by atoms with E-state index in [0.717, 1.165) is 13.1 Å². The van der Waals surface area contributed by atoms with E-state index in [1.807, 2.05) is 13.8 Å². The number of morpholine rings is 1. The van der Waals surface area contributed by atoms with Crippen LogP contribution in [0, 0.1) is 0 Å². The Morgan fingerprint density at radius 3 is 2.69 bits per heavy atom. The molecule has 1 aromatic heterocycles. The number of rotatable bonds is 1. The van der Waals surface area contributed by atoms with Gasteiger partial charge in [0.15, 0.2) is 5.82 Å². The smallest absolute Gasteiger partial charge is 0.224 e. The Labute approximate surface area is 99.6 Å². The Morgan fingerprint density at radius 1 is 1.44 bits per heavy atom. The van der Waals surface area contributed by atoms with E-state index in [1.54, 1.807) is 0 Å². The van der Waals surface area contributed by atoms with Crippen LogP contribution in [-0.2, 0) is 4.74 Å². The topological polar surface area (TPSA) is 64.3 Å². The minimum Gasteiger partial charge on any atom is -0.394 e. The van der Waals surface area contributed by atoms with Crippen LogP contribution in [0.3, 0.4) is 0 Å². The second kappa shape index (κ2) is 4.43. The van der Waals surface area contributed by atoms with Crippen molar-refractivity contribution in [1.82, 2.24) is 9.97 Å². The Morgan fingerprint density at radius 2 is 2.06 bits per heavy atom. The molecule has 1 aliphatic rings. The third-order valence-corrected chi connectivity index (χ3v) is 2.67. The maximum Gasteiger partial charge on any atom is 0.224 e. The Kier molecular flexibility index (Phi) is 3.16. The first-order valence-corrected chi connectivity index (χ1v) is 5.62. The lowest BCUT2D eigenvalue weighted by atomic mass is 10.2. The van der Waals surface area contributed by atoms with E-state index in [9.17, 15) is 0 Å². The van der Waals surface area contributed by atoms with Crippen LogP contribution in [-0.4, -0.2) is 35.3 Å². The number of nitrogens with two attached hydrogens (primary N) is 1. The fraction of sp³-hybridized carbons (Fsp3) is 0.600. The monoisotopic (exact) mass is 242 g/mol. The molecule has 0 spiro atoms. The molecule has 5 nitrogen and oxygen atoms in total. The summed E-state index contributed by atoms with van der Waals surface area (Å²) < 4.78 is 5.65. The molecule has 0 bridgehead atoms. The van der Waals surface area contributed by atoms with Crippen LogP contribution in [0.2, 0.25) is 5.28 Å². The Balaban J connectivity index is 2.25. The van der Waals surface area contributed by atoms with E-state index in [0.29, 0.717) is 11.5 Å². The lowest BCUT2D eigenvalue weighted by Gasteiger charge is -2.36. The highest BCUT2D eigenvalue weighted by molar-refractivity contribution is 6.28. The highest BCUT2D eigenvalue weighted by Crippen LogP contribution is 2.24. The molecule has 0 radical (unpaired) electrons. The molecule has 2 N–H and O–H groups in total. The zero-order valence-corrected chi connectivity index (χ0v) is 10.1. The molecule has 2 rings (SSSR count). The summed E-state index contributed by atoms with van der Waals surface area (Å²) in [6, 6.07) is 0. The van der Waals surface area contributed by atoms with Gasteiger partial charge in [-0.25, -0.2) is 4.98 Å². The van der Waals surface area contributed by atoms with Crippen molar-refractivity contribution in [2.45, 2.75) is 26.1 Å². The lowest BCUT2D eigenvalue weighted by Crippen LogP contribution is -2.46. The fourth-order valence-corrected chi connectivity index (χ4v) is 2.09. The molecule has 2 heterocycles. The quantitative estimate of drug-likeness (QED) is 0.753.